The van der Waals surface area contributed by atoms with E-state index >= 15 is 0 Å². The highest BCUT2D eigenvalue weighted by atomic mass is 16.2. The lowest BCUT2D eigenvalue weighted by Gasteiger charge is -2.19. The third kappa shape index (κ3) is 4.33. The molecule has 0 aliphatic carbocycles. The van der Waals surface area contributed by atoms with Gasteiger partial charge in [0.15, 0.2) is 5.78 Å². The Morgan fingerprint density at radius 3 is 2.61 bits per heavy atom. The fourth-order valence-corrected chi connectivity index (χ4v) is 1.78. The number of amides is 1. The number of Topliss-reactive ketones (excluding diaryl/α,β-unsaturated/α-hetero) is 1. The standard InChI is InChI=1S/C13H21N3O2/c1-4-6-16(10-13(18)14-2)9-12(17)11-5-7-15(3)8-11/h5,7-8H,4,6,9-10H2,1-3H3,(H,14,18). The van der Waals surface area contributed by atoms with E-state index in [1.165, 1.54) is 0 Å². The summed E-state index contributed by atoms with van der Waals surface area (Å²) in [5.74, 6) is -0.0164. The van der Waals surface area contributed by atoms with Gasteiger partial charge in [-0.3, -0.25) is 14.5 Å². The molecule has 0 fully saturated rings. The second-order valence-electron chi connectivity index (χ2n) is 4.37. The second-order valence-corrected chi connectivity index (χ2v) is 4.37. The number of aromatic nitrogens is 1. The number of rotatable bonds is 7. The molecule has 0 saturated carbocycles. The van der Waals surface area contributed by atoms with Gasteiger partial charge in [0.05, 0.1) is 13.1 Å². The van der Waals surface area contributed by atoms with Crippen molar-refractivity contribution in [3.05, 3.63) is 24.0 Å². The molecule has 0 atom stereocenters. The van der Waals surface area contributed by atoms with Crippen LogP contribution >= 0.6 is 0 Å². The van der Waals surface area contributed by atoms with Gasteiger partial charge in [-0.15, -0.1) is 0 Å². The van der Waals surface area contributed by atoms with Crippen molar-refractivity contribution in [2.75, 3.05) is 26.7 Å². The number of carbonyl (C=O) groups is 2. The van der Waals surface area contributed by atoms with Crippen molar-refractivity contribution in [1.29, 1.82) is 0 Å². The molecule has 0 bridgehead atoms. The molecule has 5 nitrogen and oxygen atoms in total. The minimum atomic E-state index is -0.0655. The second kappa shape index (κ2) is 6.96. The number of nitrogens with zero attached hydrogens (tertiary/aromatic N) is 2. The zero-order valence-corrected chi connectivity index (χ0v) is 11.3. The van der Waals surface area contributed by atoms with Crippen LogP contribution < -0.4 is 5.32 Å². The lowest BCUT2D eigenvalue weighted by Crippen LogP contribution is -2.39. The van der Waals surface area contributed by atoms with Gasteiger partial charge >= 0.3 is 0 Å². The van der Waals surface area contributed by atoms with Crippen molar-refractivity contribution in [2.24, 2.45) is 7.05 Å². The van der Waals surface area contributed by atoms with Crippen LogP contribution in [0.3, 0.4) is 0 Å². The minimum absolute atomic E-state index is 0.0490. The molecule has 1 heterocycles. The molecule has 0 radical (unpaired) electrons. The highest BCUT2D eigenvalue weighted by molar-refractivity contribution is 5.97. The average Bonchev–Trinajstić information content (AvgIpc) is 2.76. The van der Waals surface area contributed by atoms with E-state index in [2.05, 4.69) is 5.32 Å². The maximum atomic E-state index is 12.0. The monoisotopic (exact) mass is 251 g/mol. The Morgan fingerprint density at radius 2 is 2.11 bits per heavy atom. The van der Waals surface area contributed by atoms with Crippen molar-refractivity contribution in [1.82, 2.24) is 14.8 Å². The van der Waals surface area contributed by atoms with E-state index in [1.807, 2.05) is 29.6 Å². The van der Waals surface area contributed by atoms with Gasteiger partial charge in [0.2, 0.25) is 5.91 Å². The number of ketones is 1. The molecule has 0 unspecified atom stereocenters. The summed E-state index contributed by atoms with van der Waals surface area (Å²) in [6.07, 6.45) is 4.56. The first-order valence-electron chi connectivity index (χ1n) is 6.15. The van der Waals surface area contributed by atoms with Crippen LogP contribution in [0.2, 0.25) is 0 Å². The fraction of sp³-hybridized carbons (Fsp3) is 0.538. The van der Waals surface area contributed by atoms with E-state index in [1.54, 1.807) is 19.3 Å². The first-order valence-corrected chi connectivity index (χ1v) is 6.15. The van der Waals surface area contributed by atoms with E-state index in [9.17, 15) is 9.59 Å². The number of carbonyl (C=O) groups excluding carboxylic acids is 2. The summed E-state index contributed by atoms with van der Waals surface area (Å²) in [5.41, 5.74) is 0.690. The van der Waals surface area contributed by atoms with Crippen LogP contribution in [0.15, 0.2) is 18.5 Å². The van der Waals surface area contributed by atoms with Gasteiger partial charge in [0.1, 0.15) is 0 Å². The van der Waals surface area contributed by atoms with Gasteiger partial charge in [-0.05, 0) is 19.0 Å². The highest BCUT2D eigenvalue weighted by Crippen LogP contribution is 2.03. The Morgan fingerprint density at radius 1 is 1.39 bits per heavy atom. The molecule has 1 N–H and O–H groups in total. The van der Waals surface area contributed by atoms with Crippen molar-refractivity contribution in [2.45, 2.75) is 13.3 Å². The lowest BCUT2D eigenvalue weighted by atomic mass is 10.2. The third-order valence-corrected chi connectivity index (χ3v) is 2.71. The van der Waals surface area contributed by atoms with Crippen LogP contribution in [-0.4, -0.2) is 47.8 Å². The van der Waals surface area contributed by atoms with E-state index in [0.717, 1.165) is 13.0 Å². The summed E-state index contributed by atoms with van der Waals surface area (Å²) in [6.45, 7) is 3.32. The van der Waals surface area contributed by atoms with Crippen molar-refractivity contribution in [3.8, 4) is 0 Å². The first-order chi connectivity index (χ1) is 8.56. The van der Waals surface area contributed by atoms with Gasteiger partial charge in [0, 0.05) is 32.1 Å². The number of nitrogens with one attached hydrogen (secondary N) is 1. The van der Waals surface area contributed by atoms with Crippen LogP contribution in [0, 0.1) is 0 Å². The maximum Gasteiger partial charge on any atom is 0.233 e. The van der Waals surface area contributed by atoms with Crippen molar-refractivity contribution >= 4 is 11.7 Å². The smallest absolute Gasteiger partial charge is 0.233 e. The minimum Gasteiger partial charge on any atom is -0.358 e. The molecule has 0 aliphatic heterocycles. The van der Waals surface area contributed by atoms with Gasteiger partial charge < -0.3 is 9.88 Å². The number of aryl methyl sites for hydroxylation is 1. The molecule has 0 saturated heterocycles. The lowest BCUT2D eigenvalue weighted by molar-refractivity contribution is -0.121. The van der Waals surface area contributed by atoms with Gasteiger partial charge in [-0.2, -0.15) is 0 Å². The highest BCUT2D eigenvalue weighted by Gasteiger charge is 2.15. The predicted molar refractivity (Wildman–Crippen MR) is 70.5 cm³/mol. The zero-order valence-electron chi connectivity index (χ0n) is 11.3. The van der Waals surface area contributed by atoms with Gasteiger partial charge in [-0.25, -0.2) is 0 Å². The van der Waals surface area contributed by atoms with Crippen LogP contribution in [0.1, 0.15) is 23.7 Å². The zero-order chi connectivity index (χ0) is 13.5. The molecule has 0 spiro atoms. The van der Waals surface area contributed by atoms with E-state index < -0.39 is 0 Å². The van der Waals surface area contributed by atoms with Crippen LogP contribution in [0.5, 0.6) is 0 Å². The van der Waals surface area contributed by atoms with Gasteiger partial charge in [-0.1, -0.05) is 6.92 Å². The summed E-state index contributed by atoms with van der Waals surface area (Å²) in [6, 6.07) is 1.80. The molecule has 18 heavy (non-hydrogen) atoms. The summed E-state index contributed by atoms with van der Waals surface area (Å²) >= 11 is 0. The topological polar surface area (TPSA) is 54.3 Å². The molecular weight excluding hydrogens is 230 g/mol. The number of hydrogen-bond acceptors (Lipinski definition) is 3. The van der Waals surface area contributed by atoms with E-state index in [0.29, 0.717) is 5.56 Å². The predicted octanol–water partition coefficient (Wildman–Crippen LogP) is 0.666. The molecule has 1 aromatic heterocycles. The third-order valence-electron chi connectivity index (χ3n) is 2.71. The maximum absolute atomic E-state index is 12.0. The Bertz CT molecular complexity index is 412. The summed E-state index contributed by atoms with van der Waals surface area (Å²) < 4.78 is 1.84. The van der Waals surface area contributed by atoms with Gasteiger partial charge in [0.25, 0.3) is 0 Å². The number of hydrogen-bond donors (Lipinski definition) is 1. The summed E-state index contributed by atoms with van der Waals surface area (Å²) in [5, 5.41) is 2.57. The number of likely N-dealkylation sites (N-methyl/N-ethyl adjacent to an activating group) is 1. The normalized spacial score (nSPS) is 10.7. The first kappa shape index (κ1) is 14.4. The van der Waals surface area contributed by atoms with Crippen LogP contribution in [0.25, 0.3) is 0 Å². The quantitative estimate of drug-likeness (QED) is 0.725. The Hall–Kier alpha value is -1.62. The molecule has 100 valence electrons. The fourth-order valence-electron chi connectivity index (χ4n) is 1.78. The Balaban J connectivity index is 2.60. The molecule has 1 aromatic rings. The molecule has 1 amide bonds. The molecule has 1 rings (SSSR count). The van der Waals surface area contributed by atoms with Crippen LogP contribution in [0.4, 0.5) is 0 Å². The van der Waals surface area contributed by atoms with E-state index in [4.69, 9.17) is 0 Å². The van der Waals surface area contributed by atoms with Crippen LogP contribution in [-0.2, 0) is 11.8 Å². The molecule has 0 aromatic carbocycles. The summed E-state index contributed by atoms with van der Waals surface area (Å²) in [7, 11) is 3.48. The largest absolute Gasteiger partial charge is 0.358 e. The Labute approximate surface area is 108 Å². The molecule has 5 heteroatoms. The van der Waals surface area contributed by atoms with E-state index in [-0.39, 0.29) is 24.8 Å². The van der Waals surface area contributed by atoms with Crippen molar-refractivity contribution < 1.29 is 9.59 Å². The SMILES string of the molecule is CCCN(CC(=O)NC)CC(=O)c1ccn(C)c1. The average molecular weight is 251 g/mol. The van der Waals surface area contributed by atoms with Crippen molar-refractivity contribution in [3.63, 3.8) is 0 Å². The summed E-state index contributed by atoms with van der Waals surface area (Å²) in [4.78, 5) is 25.2. The molecular formula is C13H21N3O2. The molecule has 0 aliphatic rings. The Kier molecular flexibility index (Phi) is 5.58.